The Hall–Kier alpha value is -0.970. The van der Waals surface area contributed by atoms with E-state index in [-0.39, 0.29) is 30.7 Å². The topological polar surface area (TPSA) is 49.6 Å². The van der Waals surface area contributed by atoms with Gasteiger partial charge in [0, 0.05) is 43.5 Å². The number of rotatable bonds is 2. The van der Waals surface area contributed by atoms with E-state index in [4.69, 9.17) is 5.73 Å². The van der Waals surface area contributed by atoms with Gasteiger partial charge in [-0.05, 0) is 37.5 Å². The van der Waals surface area contributed by atoms with Gasteiger partial charge in [0.2, 0.25) is 0 Å². The SMILES string of the molecule is Cc1ccc(N)cc1C(=O)N1CCN(C2CCC2)CC1.Cl.Cl. The Bertz CT molecular complexity index is 512. The average Bonchev–Trinajstić information content (AvgIpc) is 2.40. The predicted octanol–water partition coefficient (Wildman–Crippen LogP) is 2.73. The molecule has 1 heterocycles. The van der Waals surface area contributed by atoms with E-state index >= 15 is 0 Å². The van der Waals surface area contributed by atoms with Crippen molar-refractivity contribution in [1.29, 1.82) is 0 Å². The number of benzene rings is 1. The number of hydrogen-bond donors (Lipinski definition) is 1. The Morgan fingerprint density at radius 2 is 1.77 bits per heavy atom. The first-order chi connectivity index (χ1) is 9.65. The van der Waals surface area contributed by atoms with E-state index < -0.39 is 0 Å². The van der Waals surface area contributed by atoms with Crippen molar-refractivity contribution in [2.45, 2.75) is 32.2 Å². The molecule has 1 saturated heterocycles. The van der Waals surface area contributed by atoms with Crippen LogP contribution in [0.5, 0.6) is 0 Å². The minimum Gasteiger partial charge on any atom is -0.399 e. The fourth-order valence-electron chi connectivity index (χ4n) is 3.08. The molecule has 0 radical (unpaired) electrons. The molecule has 6 heteroatoms. The van der Waals surface area contributed by atoms with Crippen LogP contribution in [0.2, 0.25) is 0 Å². The van der Waals surface area contributed by atoms with Crippen LogP contribution >= 0.6 is 24.8 Å². The van der Waals surface area contributed by atoms with Crippen LogP contribution in [-0.2, 0) is 0 Å². The summed E-state index contributed by atoms with van der Waals surface area (Å²) in [5.74, 6) is 0.128. The number of carbonyl (C=O) groups excluding carboxylic acids is 1. The number of halogens is 2. The van der Waals surface area contributed by atoms with Gasteiger partial charge in [-0.25, -0.2) is 0 Å². The molecule has 1 aliphatic carbocycles. The summed E-state index contributed by atoms with van der Waals surface area (Å²) in [6.07, 6.45) is 4.04. The standard InChI is InChI=1S/C16H23N3O.2ClH/c1-12-5-6-13(17)11-15(12)16(20)19-9-7-18(8-10-19)14-3-2-4-14;;/h5-6,11,14H,2-4,7-10,17H2,1H3;2*1H. The Morgan fingerprint density at radius 3 is 2.32 bits per heavy atom. The summed E-state index contributed by atoms with van der Waals surface area (Å²) in [6.45, 7) is 5.67. The van der Waals surface area contributed by atoms with E-state index in [1.807, 2.05) is 24.0 Å². The Kier molecular flexibility index (Phi) is 6.98. The molecule has 0 atom stereocenters. The molecule has 3 rings (SSSR count). The van der Waals surface area contributed by atoms with Crippen molar-refractivity contribution in [2.24, 2.45) is 0 Å². The van der Waals surface area contributed by atoms with Gasteiger partial charge in [-0.1, -0.05) is 12.5 Å². The monoisotopic (exact) mass is 345 g/mol. The first-order valence-corrected chi connectivity index (χ1v) is 7.54. The summed E-state index contributed by atoms with van der Waals surface area (Å²) < 4.78 is 0. The first-order valence-electron chi connectivity index (χ1n) is 7.54. The van der Waals surface area contributed by atoms with Gasteiger partial charge in [0.1, 0.15) is 0 Å². The van der Waals surface area contributed by atoms with Crippen molar-refractivity contribution in [1.82, 2.24) is 9.80 Å². The second-order valence-corrected chi connectivity index (χ2v) is 5.99. The van der Waals surface area contributed by atoms with Crippen molar-refractivity contribution in [2.75, 3.05) is 31.9 Å². The van der Waals surface area contributed by atoms with E-state index in [2.05, 4.69) is 4.90 Å². The number of carbonyl (C=O) groups is 1. The van der Waals surface area contributed by atoms with Crippen LogP contribution in [0.1, 0.15) is 35.2 Å². The van der Waals surface area contributed by atoms with Crippen LogP contribution in [0.25, 0.3) is 0 Å². The van der Waals surface area contributed by atoms with E-state index in [0.717, 1.165) is 43.3 Å². The minimum atomic E-state index is 0. The van der Waals surface area contributed by atoms with E-state index in [0.29, 0.717) is 5.69 Å². The third-order valence-corrected chi connectivity index (χ3v) is 4.68. The Labute approximate surface area is 144 Å². The maximum Gasteiger partial charge on any atom is 0.254 e. The number of nitrogens with zero attached hydrogens (tertiary/aromatic N) is 2. The third kappa shape index (κ3) is 3.86. The summed E-state index contributed by atoms with van der Waals surface area (Å²) in [4.78, 5) is 17.1. The van der Waals surface area contributed by atoms with Crippen molar-refractivity contribution >= 4 is 36.4 Å². The lowest BCUT2D eigenvalue weighted by Gasteiger charge is -2.43. The fourth-order valence-corrected chi connectivity index (χ4v) is 3.08. The second kappa shape index (κ2) is 8.04. The highest BCUT2D eigenvalue weighted by molar-refractivity contribution is 5.96. The van der Waals surface area contributed by atoms with Gasteiger partial charge in [0.05, 0.1) is 0 Å². The zero-order chi connectivity index (χ0) is 14.1. The maximum absolute atomic E-state index is 12.6. The smallest absolute Gasteiger partial charge is 0.254 e. The summed E-state index contributed by atoms with van der Waals surface area (Å²) >= 11 is 0. The molecule has 1 saturated carbocycles. The molecule has 0 bridgehead atoms. The molecule has 4 nitrogen and oxygen atoms in total. The summed E-state index contributed by atoms with van der Waals surface area (Å²) in [6, 6.07) is 6.35. The largest absolute Gasteiger partial charge is 0.399 e. The van der Waals surface area contributed by atoms with E-state index in [9.17, 15) is 4.79 Å². The number of aryl methyl sites for hydroxylation is 1. The second-order valence-electron chi connectivity index (χ2n) is 5.99. The lowest BCUT2D eigenvalue weighted by molar-refractivity contribution is 0.0455. The van der Waals surface area contributed by atoms with Crippen LogP contribution in [0.15, 0.2) is 18.2 Å². The molecule has 0 spiro atoms. The van der Waals surface area contributed by atoms with Gasteiger partial charge in [0.15, 0.2) is 0 Å². The van der Waals surface area contributed by atoms with Crippen LogP contribution in [-0.4, -0.2) is 47.9 Å². The zero-order valence-corrected chi connectivity index (χ0v) is 14.6. The van der Waals surface area contributed by atoms with Gasteiger partial charge >= 0.3 is 0 Å². The summed E-state index contributed by atoms with van der Waals surface area (Å²) in [7, 11) is 0. The zero-order valence-electron chi connectivity index (χ0n) is 13.0. The molecule has 1 amide bonds. The molecule has 2 N–H and O–H groups in total. The Balaban J connectivity index is 0.00000121. The highest BCUT2D eigenvalue weighted by Gasteiger charge is 2.29. The van der Waals surface area contributed by atoms with Crippen LogP contribution < -0.4 is 5.73 Å². The van der Waals surface area contributed by atoms with Gasteiger partial charge in [-0.3, -0.25) is 9.69 Å². The normalized spacial score (nSPS) is 18.9. The highest BCUT2D eigenvalue weighted by atomic mass is 35.5. The molecular weight excluding hydrogens is 321 g/mol. The molecule has 1 aromatic rings. The van der Waals surface area contributed by atoms with E-state index in [1.165, 1.54) is 19.3 Å². The Morgan fingerprint density at radius 1 is 1.14 bits per heavy atom. The number of piperazine rings is 1. The number of nitrogens with two attached hydrogens (primary N) is 1. The molecular formula is C16H25Cl2N3O. The molecule has 2 aliphatic rings. The van der Waals surface area contributed by atoms with Crippen molar-refractivity contribution < 1.29 is 4.79 Å². The molecule has 22 heavy (non-hydrogen) atoms. The number of anilines is 1. The third-order valence-electron chi connectivity index (χ3n) is 4.68. The molecule has 0 aromatic heterocycles. The lowest BCUT2D eigenvalue weighted by Crippen LogP contribution is -2.53. The molecule has 1 aliphatic heterocycles. The highest BCUT2D eigenvalue weighted by Crippen LogP contribution is 2.26. The van der Waals surface area contributed by atoms with Gasteiger partial charge in [0.25, 0.3) is 5.91 Å². The quantitative estimate of drug-likeness (QED) is 0.838. The first kappa shape index (κ1) is 19.1. The maximum atomic E-state index is 12.6. The fraction of sp³-hybridized carbons (Fsp3) is 0.562. The number of amides is 1. The van der Waals surface area contributed by atoms with Crippen molar-refractivity contribution in [3.63, 3.8) is 0 Å². The van der Waals surface area contributed by atoms with Crippen molar-refractivity contribution in [3.05, 3.63) is 29.3 Å². The predicted molar refractivity (Wildman–Crippen MR) is 95.2 cm³/mol. The van der Waals surface area contributed by atoms with Gasteiger partial charge in [-0.2, -0.15) is 0 Å². The van der Waals surface area contributed by atoms with E-state index in [1.54, 1.807) is 6.07 Å². The number of hydrogen-bond acceptors (Lipinski definition) is 3. The van der Waals surface area contributed by atoms with Gasteiger partial charge < -0.3 is 10.6 Å². The molecule has 124 valence electrons. The summed E-state index contributed by atoms with van der Waals surface area (Å²) in [5, 5.41) is 0. The summed E-state index contributed by atoms with van der Waals surface area (Å²) in [5.41, 5.74) is 8.22. The minimum absolute atomic E-state index is 0. The van der Waals surface area contributed by atoms with Gasteiger partial charge in [-0.15, -0.1) is 24.8 Å². The van der Waals surface area contributed by atoms with Crippen molar-refractivity contribution in [3.8, 4) is 0 Å². The molecule has 1 aromatic carbocycles. The number of nitrogen functional groups attached to an aromatic ring is 1. The molecule has 2 fully saturated rings. The van der Waals surface area contributed by atoms with Crippen LogP contribution in [0.4, 0.5) is 5.69 Å². The molecule has 0 unspecified atom stereocenters. The lowest BCUT2D eigenvalue weighted by atomic mass is 9.91. The van der Waals surface area contributed by atoms with Crippen LogP contribution in [0.3, 0.4) is 0 Å². The average molecular weight is 346 g/mol. The van der Waals surface area contributed by atoms with Crippen LogP contribution in [0, 0.1) is 6.92 Å².